The Kier molecular flexibility index (Phi) is 7.47. The SMILES string of the molecule is CC(C)=C1CC[C@H](C)[C@](C)(COc2ccc3ccc(=O)oc3c2)[C@H]1CCC(=O)NC(C)C. The van der Waals surface area contributed by atoms with E-state index in [1.807, 2.05) is 26.0 Å². The first-order chi connectivity index (χ1) is 15.1. The second-order valence-corrected chi connectivity index (χ2v) is 10.0. The van der Waals surface area contributed by atoms with Gasteiger partial charge in [-0.25, -0.2) is 4.79 Å². The normalized spacial score (nSPS) is 23.4. The Balaban J connectivity index is 1.83. The Morgan fingerprint density at radius 1 is 1.25 bits per heavy atom. The number of carbonyl (C=O) groups excluding carboxylic acids is 1. The largest absolute Gasteiger partial charge is 0.493 e. The number of allylic oxidation sites excluding steroid dienone is 2. The van der Waals surface area contributed by atoms with Crippen LogP contribution in [0.1, 0.15) is 67.2 Å². The van der Waals surface area contributed by atoms with Crippen molar-refractivity contribution in [2.24, 2.45) is 17.3 Å². The predicted molar refractivity (Wildman–Crippen MR) is 129 cm³/mol. The van der Waals surface area contributed by atoms with E-state index >= 15 is 0 Å². The highest BCUT2D eigenvalue weighted by atomic mass is 16.5. The first kappa shape index (κ1) is 24.1. The van der Waals surface area contributed by atoms with E-state index < -0.39 is 0 Å². The first-order valence-electron chi connectivity index (χ1n) is 11.7. The number of amides is 1. The molecule has 0 spiro atoms. The van der Waals surface area contributed by atoms with Crippen LogP contribution in [-0.4, -0.2) is 18.6 Å². The molecule has 1 aromatic carbocycles. The minimum absolute atomic E-state index is 0.102. The molecule has 0 aliphatic heterocycles. The number of rotatable bonds is 7. The standard InChI is InChI=1S/C27H37NO4/c1-17(2)22-11-7-19(5)27(6,23(22)12-13-25(29)28-18(3)4)16-31-21-10-8-20-9-14-26(30)32-24(20)15-21/h8-10,14-15,18-19,23H,7,11-13,16H2,1-6H3,(H,28,29)/t19-,23-,27-/m0/s1. The lowest BCUT2D eigenvalue weighted by molar-refractivity contribution is -0.122. The molecule has 1 N–H and O–H groups in total. The molecule has 1 aliphatic carbocycles. The lowest BCUT2D eigenvalue weighted by Gasteiger charge is -2.48. The van der Waals surface area contributed by atoms with Gasteiger partial charge in [0.2, 0.25) is 5.91 Å². The number of hydrogen-bond donors (Lipinski definition) is 1. The molecule has 5 nitrogen and oxygen atoms in total. The van der Waals surface area contributed by atoms with Gasteiger partial charge in [-0.15, -0.1) is 0 Å². The summed E-state index contributed by atoms with van der Waals surface area (Å²) in [5.74, 6) is 1.55. The highest BCUT2D eigenvalue weighted by molar-refractivity contribution is 5.77. The number of hydrogen-bond acceptors (Lipinski definition) is 4. The highest BCUT2D eigenvalue weighted by Crippen LogP contribution is 2.51. The molecule has 0 radical (unpaired) electrons. The second-order valence-electron chi connectivity index (χ2n) is 10.0. The third kappa shape index (κ3) is 5.43. The van der Waals surface area contributed by atoms with Gasteiger partial charge in [-0.1, -0.05) is 25.0 Å². The van der Waals surface area contributed by atoms with Crippen molar-refractivity contribution in [3.05, 3.63) is 51.9 Å². The zero-order valence-electron chi connectivity index (χ0n) is 20.3. The molecule has 0 bridgehead atoms. The minimum atomic E-state index is -0.365. The maximum atomic E-state index is 12.4. The molecule has 1 aromatic heterocycles. The molecular weight excluding hydrogens is 402 g/mol. The van der Waals surface area contributed by atoms with Crippen LogP contribution in [0, 0.1) is 17.3 Å². The van der Waals surface area contributed by atoms with Crippen LogP contribution in [0.4, 0.5) is 0 Å². The molecule has 174 valence electrons. The van der Waals surface area contributed by atoms with E-state index in [2.05, 4.69) is 33.0 Å². The maximum absolute atomic E-state index is 12.4. The average molecular weight is 440 g/mol. The van der Waals surface area contributed by atoms with Crippen LogP contribution in [0.3, 0.4) is 0 Å². The molecule has 2 aromatic rings. The number of ether oxygens (including phenoxy) is 1. The number of carbonyl (C=O) groups is 1. The van der Waals surface area contributed by atoms with Crippen LogP contribution < -0.4 is 15.7 Å². The Morgan fingerprint density at radius 3 is 2.66 bits per heavy atom. The summed E-state index contributed by atoms with van der Waals surface area (Å²) in [6.07, 6.45) is 3.53. The smallest absolute Gasteiger partial charge is 0.336 e. The average Bonchev–Trinajstić information content (AvgIpc) is 2.72. The molecule has 1 aliphatic rings. The summed E-state index contributed by atoms with van der Waals surface area (Å²) in [6, 6.07) is 8.96. The topological polar surface area (TPSA) is 68.5 Å². The Bertz CT molecular complexity index is 1050. The molecular formula is C27H37NO4. The third-order valence-corrected chi connectivity index (χ3v) is 7.09. The van der Waals surface area contributed by atoms with Crippen LogP contribution >= 0.6 is 0 Å². The van der Waals surface area contributed by atoms with E-state index in [9.17, 15) is 9.59 Å². The van der Waals surface area contributed by atoms with Gasteiger partial charge in [0.05, 0.1) is 6.61 Å². The van der Waals surface area contributed by atoms with E-state index in [4.69, 9.17) is 9.15 Å². The van der Waals surface area contributed by atoms with Gasteiger partial charge in [-0.3, -0.25) is 4.79 Å². The lowest BCUT2D eigenvalue weighted by atomic mass is 9.58. The summed E-state index contributed by atoms with van der Waals surface area (Å²) in [4.78, 5) is 24.0. The van der Waals surface area contributed by atoms with Crippen molar-refractivity contribution < 1.29 is 13.9 Å². The summed E-state index contributed by atoms with van der Waals surface area (Å²) in [6.45, 7) is 13.5. The monoisotopic (exact) mass is 439 g/mol. The van der Waals surface area contributed by atoms with Crippen LogP contribution in [-0.2, 0) is 4.79 Å². The minimum Gasteiger partial charge on any atom is -0.493 e. The van der Waals surface area contributed by atoms with Gasteiger partial charge < -0.3 is 14.5 Å². The number of fused-ring (bicyclic) bond motifs is 1. The van der Waals surface area contributed by atoms with Gasteiger partial charge in [0, 0.05) is 35.4 Å². The van der Waals surface area contributed by atoms with Crippen molar-refractivity contribution in [1.29, 1.82) is 0 Å². The van der Waals surface area contributed by atoms with Crippen LogP contribution in [0.15, 0.2) is 50.7 Å². The van der Waals surface area contributed by atoms with Crippen LogP contribution in [0.2, 0.25) is 0 Å². The van der Waals surface area contributed by atoms with Crippen LogP contribution in [0.25, 0.3) is 11.0 Å². The number of benzene rings is 1. The van der Waals surface area contributed by atoms with Gasteiger partial charge >= 0.3 is 5.63 Å². The molecule has 0 unspecified atom stereocenters. The molecule has 32 heavy (non-hydrogen) atoms. The third-order valence-electron chi connectivity index (χ3n) is 7.09. The Hall–Kier alpha value is -2.56. The van der Waals surface area contributed by atoms with Crippen molar-refractivity contribution in [2.45, 2.75) is 73.3 Å². The van der Waals surface area contributed by atoms with E-state index in [1.165, 1.54) is 17.2 Å². The van der Waals surface area contributed by atoms with E-state index in [1.54, 1.807) is 12.1 Å². The summed E-state index contributed by atoms with van der Waals surface area (Å²) in [7, 11) is 0. The van der Waals surface area contributed by atoms with E-state index in [0.717, 1.165) is 24.6 Å². The lowest BCUT2D eigenvalue weighted by Crippen LogP contribution is -2.44. The number of nitrogens with one attached hydrogen (secondary N) is 1. The Morgan fingerprint density at radius 2 is 1.97 bits per heavy atom. The summed E-state index contributed by atoms with van der Waals surface area (Å²) >= 11 is 0. The van der Waals surface area contributed by atoms with Crippen molar-refractivity contribution in [2.75, 3.05) is 6.61 Å². The molecule has 1 heterocycles. The van der Waals surface area contributed by atoms with Gasteiger partial charge in [-0.05, 0) is 77.0 Å². The van der Waals surface area contributed by atoms with Crippen molar-refractivity contribution in [1.82, 2.24) is 5.32 Å². The molecule has 1 fully saturated rings. The summed E-state index contributed by atoms with van der Waals surface area (Å²) in [5.41, 5.74) is 2.88. The zero-order chi connectivity index (χ0) is 23.5. The quantitative estimate of drug-likeness (QED) is 0.433. The van der Waals surface area contributed by atoms with Gasteiger partial charge in [0.15, 0.2) is 0 Å². The first-order valence-corrected chi connectivity index (χ1v) is 11.7. The fourth-order valence-corrected chi connectivity index (χ4v) is 5.00. The summed E-state index contributed by atoms with van der Waals surface area (Å²) < 4.78 is 11.6. The van der Waals surface area contributed by atoms with Gasteiger partial charge in [0.25, 0.3) is 0 Å². The van der Waals surface area contributed by atoms with E-state index in [0.29, 0.717) is 30.3 Å². The summed E-state index contributed by atoms with van der Waals surface area (Å²) in [5, 5.41) is 3.89. The molecule has 1 amide bonds. The Labute approximate surface area is 191 Å². The molecule has 3 rings (SSSR count). The fraction of sp³-hybridized carbons (Fsp3) is 0.556. The molecule has 0 saturated heterocycles. The molecule has 1 saturated carbocycles. The van der Waals surface area contributed by atoms with Crippen molar-refractivity contribution in [3.63, 3.8) is 0 Å². The fourth-order valence-electron chi connectivity index (χ4n) is 5.00. The van der Waals surface area contributed by atoms with E-state index in [-0.39, 0.29) is 28.9 Å². The predicted octanol–water partition coefficient (Wildman–Crippen LogP) is 5.87. The molecule has 3 atom stereocenters. The van der Waals surface area contributed by atoms with Gasteiger partial charge in [0.1, 0.15) is 11.3 Å². The molecule has 5 heteroatoms. The van der Waals surface area contributed by atoms with Gasteiger partial charge in [-0.2, -0.15) is 0 Å². The second kappa shape index (κ2) is 9.93. The van der Waals surface area contributed by atoms with Crippen LogP contribution in [0.5, 0.6) is 5.75 Å². The van der Waals surface area contributed by atoms with Crippen molar-refractivity contribution in [3.8, 4) is 5.75 Å². The zero-order valence-corrected chi connectivity index (χ0v) is 20.3. The van der Waals surface area contributed by atoms with Crippen molar-refractivity contribution >= 4 is 16.9 Å². The maximum Gasteiger partial charge on any atom is 0.336 e. The highest BCUT2D eigenvalue weighted by Gasteiger charge is 2.45.